The first-order chi connectivity index (χ1) is 15.3. The van der Waals surface area contributed by atoms with Crippen molar-refractivity contribution in [1.82, 2.24) is 9.80 Å². The topological polar surface area (TPSA) is 66.9 Å². The Morgan fingerprint density at radius 1 is 1.15 bits per heavy atom. The van der Waals surface area contributed by atoms with E-state index in [-0.39, 0.29) is 34.5 Å². The standard InChI is InChI=1S/C27H42N2O4/c1-8-28(7)23(31)21-10-9-19-18-16-29(24(32)33-25(2,3)4)22-15-17(30)11-13-27(22,6)20(18)12-14-26(19,21)5/h15,18-21H,8-14,16H2,1-7H3/t18-,19-,20-,21+,26-,27+/m0/s1. The first-order valence-corrected chi connectivity index (χ1v) is 12.8. The summed E-state index contributed by atoms with van der Waals surface area (Å²) >= 11 is 0. The molecule has 4 rings (SSSR count). The molecule has 0 bridgehead atoms. The average molecular weight is 459 g/mol. The van der Waals surface area contributed by atoms with Crippen LogP contribution in [-0.2, 0) is 14.3 Å². The third-order valence-corrected chi connectivity index (χ3v) is 9.48. The van der Waals surface area contributed by atoms with Gasteiger partial charge in [-0.15, -0.1) is 0 Å². The fourth-order valence-electron chi connectivity index (χ4n) is 7.62. The molecule has 1 aliphatic heterocycles. The molecular weight excluding hydrogens is 416 g/mol. The van der Waals surface area contributed by atoms with Crippen LogP contribution in [0.5, 0.6) is 0 Å². The highest BCUT2D eigenvalue weighted by molar-refractivity contribution is 5.92. The third-order valence-electron chi connectivity index (χ3n) is 9.48. The zero-order valence-electron chi connectivity index (χ0n) is 21.6. The van der Waals surface area contributed by atoms with Gasteiger partial charge in [-0.05, 0) is 83.0 Å². The van der Waals surface area contributed by atoms with Crippen molar-refractivity contribution < 1.29 is 19.1 Å². The van der Waals surface area contributed by atoms with Gasteiger partial charge in [-0.3, -0.25) is 14.5 Å². The second kappa shape index (κ2) is 8.13. The molecule has 4 aliphatic rings. The van der Waals surface area contributed by atoms with Gasteiger partial charge in [-0.2, -0.15) is 0 Å². The fourth-order valence-corrected chi connectivity index (χ4v) is 7.62. The van der Waals surface area contributed by atoms with Crippen molar-refractivity contribution in [3.63, 3.8) is 0 Å². The van der Waals surface area contributed by atoms with Crippen molar-refractivity contribution in [2.45, 2.75) is 85.7 Å². The van der Waals surface area contributed by atoms with Crippen molar-refractivity contribution >= 4 is 17.8 Å². The Kier molecular flexibility index (Phi) is 5.98. The van der Waals surface area contributed by atoms with Gasteiger partial charge >= 0.3 is 6.09 Å². The number of ether oxygens (including phenoxy) is 1. The van der Waals surface area contributed by atoms with Crippen LogP contribution in [0.15, 0.2) is 11.8 Å². The van der Waals surface area contributed by atoms with E-state index in [2.05, 4.69) is 13.8 Å². The lowest BCUT2D eigenvalue weighted by molar-refractivity contribution is -0.142. The van der Waals surface area contributed by atoms with E-state index in [1.54, 1.807) is 11.0 Å². The highest BCUT2D eigenvalue weighted by atomic mass is 16.6. The summed E-state index contributed by atoms with van der Waals surface area (Å²) in [6, 6.07) is 0. The first-order valence-electron chi connectivity index (χ1n) is 12.8. The Balaban J connectivity index is 1.70. The highest BCUT2D eigenvalue weighted by Crippen LogP contribution is 2.65. The molecule has 6 nitrogen and oxygen atoms in total. The lowest BCUT2D eigenvalue weighted by atomic mass is 9.49. The van der Waals surface area contributed by atoms with Crippen LogP contribution in [0.3, 0.4) is 0 Å². The number of hydrogen-bond donors (Lipinski definition) is 0. The maximum Gasteiger partial charge on any atom is 0.414 e. The molecule has 0 spiro atoms. The number of carbonyl (C=O) groups excluding carboxylic acids is 3. The molecule has 0 aromatic heterocycles. The van der Waals surface area contributed by atoms with E-state index in [9.17, 15) is 14.4 Å². The summed E-state index contributed by atoms with van der Waals surface area (Å²) in [7, 11) is 1.91. The van der Waals surface area contributed by atoms with Gasteiger partial charge in [0.15, 0.2) is 5.78 Å². The third kappa shape index (κ3) is 3.91. The van der Waals surface area contributed by atoms with Gasteiger partial charge in [0.25, 0.3) is 0 Å². The predicted octanol–water partition coefficient (Wildman–Crippen LogP) is 5.03. The molecule has 0 N–H and O–H groups in total. The molecule has 0 unspecified atom stereocenters. The second-order valence-electron chi connectivity index (χ2n) is 12.4. The molecule has 0 aromatic carbocycles. The molecule has 0 aromatic rings. The maximum atomic E-state index is 13.4. The normalized spacial score (nSPS) is 38.1. The van der Waals surface area contributed by atoms with Crippen LogP contribution in [0, 0.1) is 34.5 Å². The molecule has 2 amide bonds. The number of amides is 2. The average Bonchev–Trinajstić information content (AvgIpc) is 3.08. The number of ketones is 1. The Morgan fingerprint density at radius 2 is 1.85 bits per heavy atom. The number of hydrogen-bond acceptors (Lipinski definition) is 4. The number of nitrogens with zero attached hydrogens (tertiary/aromatic N) is 2. The Morgan fingerprint density at radius 3 is 2.48 bits per heavy atom. The van der Waals surface area contributed by atoms with Gasteiger partial charge in [-0.1, -0.05) is 13.8 Å². The Hall–Kier alpha value is -1.85. The number of likely N-dealkylation sites (tertiary alicyclic amines) is 1. The molecule has 1 heterocycles. The van der Waals surface area contributed by atoms with E-state index in [1.165, 1.54) is 0 Å². The molecular formula is C27H42N2O4. The monoisotopic (exact) mass is 458 g/mol. The van der Waals surface area contributed by atoms with Gasteiger partial charge in [0.05, 0.1) is 0 Å². The molecule has 3 aliphatic carbocycles. The summed E-state index contributed by atoms with van der Waals surface area (Å²) in [6.45, 7) is 13.6. The molecule has 6 heteroatoms. The molecule has 2 saturated carbocycles. The minimum Gasteiger partial charge on any atom is -0.443 e. The van der Waals surface area contributed by atoms with Gasteiger partial charge in [-0.25, -0.2) is 4.79 Å². The highest BCUT2D eigenvalue weighted by Gasteiger charge is 2.62. The summed E-state index contributed by atoms with van der Waals surface area (Å²) in [5.41, 5.74) is 0.00948. The minimum absolute atomic E-state index is 0.0383. The first kappa shape index (κ1) is 24.3. The van der Waals surface area contributed by atoms with Crippen LogP contribution in [0.4, 0.5) is 4.79 Å². The van der Waals surface area contributed by atoms with E-state index < -0.39 is 5.60 Å². The SMILES string of the molecule is CCN(C)C(=O)[C@H]1CC[C@H]2[C@@H]3CN(C(=O)OC(C)(C)C)C4=CC(=O)CC[C@]4(C)[C@H]3CC[C@]12C. The van der Waals surface area contributed by atoms with E-state index in [0.717, 1.165) is 44.3 Å². The number of carbonyl (C=O) groups is 3. The zero-order valence-corrected chi connectivity index (χ0v) is 21.6. The van der Waals surface area contributed by atoms with E-state index in [4.69, 9.17) is 4.74 Å². The number of fused-ring (bicyclic) bond motifs is 5. The quantitative estimate of drug-likeness (QED) is 0.582. The summed E-state index contributed by atoms with van der Waals surface area (Å²) < 4.78 is 5.80. The van der Waals surface area contributed by atoms with Gasteiger partial charge < -0.3 is 9.64 Å². The van der Waals surface area contributed by atoms with Crippen LogP contribution < -0.4 is 0 Å². The summed E-state index contributed by atoms with van der Waals surface area (Å²) in [6.07, 6.45) is 6.72. The van der Waals surface area contributed by atoms with Crippen molar-refractivity contribution in [2.24, 2.45) is 34.5 Å². The molecule has 1 saturated heterocycles. The van der Waals surface area contributed by atoms with Crippen LogP contribution >= 0.6 is 0 Å². The van der Waals surface area contributed by atoms with Crippen LogP contribution in [-0.4, -0.2) is 53.3 Å². The van der Waals surface area contributed by atoms with E-state index in [0.29, 0.717) is 30.7 Å². The molecule has 184 valence electrons. The lowest BCUT2D eigenvalue weighted by Crippen LogP contribution is -2.59. The molecule has 33 heavy (non-hydrogen) atoms. The Bertz CT molecular complexity index is 874. The van der Waals surface area contributed by atoms with Crippen molar-refractivity contribution in [3.05, 3.63) is 11.8 Å². The summed E-state index contributed by atoms with van der Waals surface area (Å²) in [4.78, 5) is 42.7. The van der Waals surface area contributed by atoms with E-state index >= 15 is 0 Å². The van der Waals surface area contributed by atoms with Crippen molar-refractivity contribution in [1.29, 1.82) is 0 Å². The minimum atomic E-state index is -0.597. The number of piperidine rings is 1. The Labute approximate surface area is 199 Å². The van der Waals surface area contributed by atoms with Gasteiger partial charge in [0, 0.05) is 49.7 Å². The fraction of sp³-hybridized carbons (Fsp3) is 0.815. The lowest BCUT2D eigenvalue weighted by Gasteiger charge is -2.60. The molecule has 0 radical (unpaired) electrons. The van der Waals surface area contributed by atoms with Crippen LogP contribution in [0.1, 0.15) is 80.1 Å². The smallest absolute Gasteiger partial charge is 0.414 e. The zero-order chi connectivity index (χ0) is 24.3. The number of rotatable bonds is 2. The number of allylic oxidation sites excluding steroid dienone is 2. The van der Waals surface area contributed by atoms with Crippen molar-refractivity contribution in [2.75, 3.05) is 20.1 Å². The van der Waals surface area contributed by atoms with Crippen LogP contribution in [0.25, 0.3) is 0 Å². The van der Waals surface area contributed by atoms with E-state index in [1.807, 2.05) is 39.6 Å². The predicted molar refractivity (Wildman–Crippen MR) is 127 cm³/mol. The molecule has 3 fully saturated rings. The van der Waals surface area contributed by atoms with Crippen LogP contribution in [0.2, 0.25) is 0 Å². The second-order valence-corrected chi connectivity index (χ2v) is 12.4. The largest absolute Gasteiger partial charge is 0.443 e. The van der Waals surface area contributed by atoms with Gasteiger partial charge in [0.1, 0.15) is 5.60 Å². The molecule has 6 atom stereocenters. The van der Waals surface area contributed by atoms with Crippen molar-refractivity contribution in [3.8, 4) is 0 Å². The van der Waals surface area contributed by atoms with Gasteiger partial charge in [0.2, 0.25) is 5.91 Å². The maximum absolute atomic E-state index is 13.4. The summed E-state index contributed by atoms with van der Waals surface area (Å²) in [5, 5.41) is 0. The summed E-state index contributed by atoms with van der Waals surface area (Å²) in [5.74, 6) is 1.57.